The molecule has 29 heavy (non-hydrogen) atoms. The number of hydrogen-bond donors (Lipinski definition) is 2. The van der Waals surface area contributed by atoms with Gasteiger partial charge in [-0.1, -0.05) is 41.9 Å². The predicted octanol–water partition coefficient (Wildman–Crippen LogP) is 5.31. The highest BCUT2D eigenvalue weighted by Crippen LogP contribution is 2.34. The lowest BCUT2D eigenvalue weighted by Gasteiger charge is -2.25. The quantitative estimate of drug-likeness (QED) is 0.445. The van der Waals surface area contributed by atoms with E-state index in [1.54, 1.807) is 11.5 Å². The minimum atomic E-state index is -0.472. The van der Waals surface area contributed by atoms with Crippen LogP contribution < -0.4 is 10.2 Å². The Balaban J connectivity index is 1.45. The van der Waals surface area contributed by atoms with Crippen LogP contribution in [0.3, 0.4) is 0 Å². The molecule has 0 spiro atoms. The second kappa shape index (κ2) is 8.68. The zero-order valence-electron chi connectivity index (χ0n) is 15.9. The summed E-state index contributed by atoms with van der Waals surface area (Å²) < 4.78 is 5.98. The van der Waals surface area contributed by atoms with Gasteiger partial charge in [-0.3, -0.25) is 10.0 Å². The van der Waals surface area contributed by atoms with E-state index in [-0.39, 0.29) is 0 Å². The van der Waals surface area contributed by atoms with Crippen LogP contribution in [0.2, 0.25) is 5.02 Å². The Labute approximate surface area is 175 Å². The first-order chi connectivity index (χ1) is 14.1. The monoisotopic (exact) mass is 407 g/mol. The van der Waals surface area contributed by atoms with Gasteiger partial charge in [-0.15, -0.1) is 0 Å². The lowest BCUT2D eigenvalue weighted by molar-refractivity contribution is 0.0706. The highest BCUT2D eigenvalue weighted by molar-refractivity contribution is 6.30. The summed E-state index contributed by atoms with van der Waals surface area (Å²) in [4.78, 5) is 11.6. The average molecular weight is 408 g/mol. The van der Waals surface area contributed by atoms with Crippen molar-refractivity contribution in [2.24, 2.45) is 0 Å². The van der Waals surface area contributed by atoms with Crippen LogP contribution in [0.1, 0.15) is 45.0 Å². The number of benzene rings is 3. The number of nitrogens with one attached hydrogen (secondary N) is 1. The molecule has 0 radical (unpaired) electrons. The number of fused-ring (bicyclic) bond motifs is 1. The highest BCUT2D eigenvalue weighted by atomic mass is 35.5. The summed E-state index contributed by atoms with van der Waals surface area (Å²) in [5.74, 6) is 0.803. The molecule has 3 aromatic rings. The van der Waals surface area contributed by atoms with Crippen molar-refractivity contribution in [2.75, 3.05) is 0 Å². The maximum Gasteiger partial charge on any atom is 0.274 e. The molecule has 0 heterocycles. The number of aryl methyl sites for hydroxylation is 1. The van der Waals surface area contributed by atoms with Crippen molar-refractivity contribution in [3.8, 4) is 5.75 Å². The molecule has 0 aliphatic heterocycles. The number of rotatable bonds is 5. The number of hydrogen-bond acceptors (Lipinski definition) is 3. The van der Waals surface area contributed by atoms with Crippen LogP contribution in [-0.2, 0) is 19.4 Å². The summed E-state index contributed by atoms with van der Waals surface area (Å²) in [5, 5.41) is 9.54. The van der Waals surface area contributed by atoms with Crippen LogP contribution >= 0.6 is 11.6 Å². The third kappa shape index (κ3) is 4.61. The van der Waals surface area contributed by atoms with Gasteiger partial charge in [0.25, 0.3) is 5.91 Å². The molecular formula is C24H22ClNO3. The first-order valence-electron chi connectivity index (χ1n) is 9.66. The van der Waals surface area contributed by atoms with Gasteiger partial charge in [-0.05, 0) is 83.8 Å². The number of ether oxygens (including phenoxy) is 1. The lowest BCUT2D eigenvalue weighted by Crippen LogP contribution is -2.20. The van der Waals surface area contributed by atoms with E-state index in [0.29, 0.717) is 18.1 Å². The third-order valence-corrected chi connectivity index (χ3v) is 5.70. The average Bonchev–Trinajstić information content (AvgIpc) is 2.77. The van der Waals surface area contributed by atoms with Gasteiger partial charge in [0, 0.05) is 10.6 Å². The minimum Gasteiger partial charge on any atom is -0.489 e. The molecule has 2 N–H and O–H groups in total. The SMILES string of the molecule is O=C(NO)c1ccc2c(c1)CCC(c1cccc(OCc3ccc(Cl)cc3)c1)C2. The summed E-state index contributed by atoms with van der Waals surface area (Å²) in [5.41, 5.74) is 6.96. The van der Waals surface area contributed by atoms with Crippen molar-refractivity contribution >= 4 is 17.5 Å². The third-order valence-electron chi connectivity index (χ3n) is 5.45. The molecule has 1 atom stereocenters. The fourth-order valence-electron chi connectivity index (χ4n) is 3.85. The Morgan fingerprint density at radius 3 is 2.69 bits per heavy atom. The van der Waals surface area contributed by atoms with E-state index in [1.165, 1.54) is 16.7 Å². The second-order valence-corrected chi connectivity index (χ2v) is 7.79. The predicted molar refractivity (Wildman–Crippen MR) is 113 cm³/mol. The van der Waals surface area contributed by atoms with Crippen LogP contribution in [0.25, 0.3) is 0 Å². The topological polar surface area (TPSA) is 58.6 Å². The molecule has 1 unspecified atom stereocenters. The fraction of sp³-hybridized carbons (Fsp3) is 0.208. The van der Waals surface area contributed by atoms with E-state index in [4.69, 9.17) is 21.5 Å². The number of carbonyl (C=O) groups is 1. The van der Waals surface area contributed by atoms with Crippen LogP contribution in [0.5, 0.6) is 5.75 Å². The van der Waals surface area contributed by atoms with E-state index < -0.39 is 5.91 Å². The number of hydroxylamine groups is 1. The summed E-state index contributed by atoms with van der Waals surface area (Å²) in [7, 11) is 0. The molecule has 148 valence electrons. The van der Waals surface area contributed by atoms with Gasteiger partial charge in [0.1, 0.15) is 12.4 Å². The summed E-state index contributed by atoms with van der Waals surface area (Å²) in [6, 6.07) is 21.6. The van der Waals surface area contributed by atoms with Crippen LogP contribution in [0.15, 0.2) is 66.7 Å². The molecule has 0 saturated carbocycles. The Kier molecular flexibility index (Phi) is 5.84. The second-order valence-electron chi connectivity index (χ2n) is 7.35. The van der Waals surface area contributed by atoms with Gasteiger partial charge in [0.05, 0.1) is 0 Å². The molecule has 1 amide bonds. The van der Waals surface area contributed by atoms with Gasteiger partial charge in [0.15, 0.2) is 0 Å². The van der Waals surface area contributed by atoms with Crippen molar-refractivity contribution in [1.29, 1.82) is 0 Å². The summed E-state index contributed by atoms with van der Waals surface area (Å²) >= 11 is 5.93. The molecular weight excluding hydrogens is 386 g/mol. The van der Waals surface area contributed by atoms with Crippen LogP contribution in [-0.4, -0.2) is 11.1 Å². The molecule has 1 aliphatic carbocycles. The van der Waals surface area contributed by atoms with Gasteiger partial charge >= 0.3 is 0 Å². The van der Waals surface area contributed by atoms with Crippen molar-refractivity contribution in [2.45, 2.75) is 31.8 Å². The highest BCUT2D eigenvalue weighted by Gasteiger charge is 2.21. The Hall–Kier alpha value is -2.82. The van der Waals surface area contributed by atoms with Gasteiger partial charge < -0.3 is 4.74 Å². The normalized spacial score (nSPS) is 15.4. The molecule has 0 saturated heterocycles. The van der Waals surface area contributed by atoms with E-state index in [2.05, 4.69) is 12.1 Å². The first-order valence-corrected chi connectivity index (χ1v) is 10.0. The van der Waals surface area contributed by atoms with Crippen molar-refractivity contribution in [1.82, 2.24) is 5.48 Å². The van der Waals surface area contributed by atoms with Crippen LogP contribution in [0.4, 0.5) is 0 Å². The van der Waals surface area contributed by atoms with Gasteiger partial charge in [-0.2, -0.15) is 0 Å². The number of carbonyl (C=O) groups excluding carboxylic acids is 1. The zero-order chi connectivity index (χ0) is 20.2. The van der Waals surface area contributed by atoms with Crippen molar-refractivity contribution in [3.63, 3.8) is 0 Å². The molecule has 4 nitrogen and oxygen atoms in total. The van der Waals surface area contributed by atoms with Gasteiger partial charge in [0.2, 0.25) is 0 Å². The minimum absolute atomic E-state index is 0.416. The molecule has 4 rings (SSSR count). The molecule has 5 heteroatoms. The maximum absolute atomic E-state index is 11.6. The van der Waals surface area contributed by atoms with E-state index in [9.17, 15) is 4.79 Å². The number of amides is 1. The summed E-state index contributed by atoms with van der Waals surface area (Å²) in [6.45, 7) is 0.504. The summed E-state index contributed by atoms with van der Waals surface area (Å²) in [6.07, 6.45) is 2.84. The Bertz CT molecular complexity index is 1020. The molecule has 0 fully saturated rings. The maximum atomic E-state index is 11.6. The van der Waals surface area contributed by atoms with E-state index >= 15 is 0 Å². The van der Waals surface area contributed by atoms with Gasteiger partial charge in [-0.25, -0.2) is 5.48 Å². The van der Waals surface area contributed by atoms with Crippen LogP contribution in [0, 0.1) is 0 Å². The van der Waals surface area contributed by atoms with E-state index in [0.717, 1.165) is 35.6 Å². The molecule has 3 aromatic carbocycles. The first kappa shape index (κ1) is 19.5. The Morgan fingerprint density at radius 2 is 1.90 bits per heavy atom. The molecule has 0 bridgehead atoms. The zero-order valence-corrected chi connectivity index (χ0v) is 16.7. The number of halogens is 1. The Morgan fingerprint density at radius 1 is 1.07 bits per heavy atom. The van der Waals surface area contributed by atoms with Crippen molar-refractivity contribution < 1.29 is 14.7 Å². The molecule has 1 aliphatic rings. The fourth-order valence-corrected chi connectivity index (χ4v) is 3.98. The molecule has 0 aromatic heterocycles. The standard InChI is InChI=1S/C24H22ClNO3/c25-22-10-4-16(5-11-22)15-29-23-3-1-2-17(14-23)18-6-7-20-13-21(24(27)26-28)9-8-19(20)12-18/h1-5,8-11,13-14,18,28H,6-7,12,15H2,(H,26,27). The smallest absolute Gasteiger partial charge is 0.274 e. The largest absolute Gasteiger partial charge is 0.489 e. The lowest BCUT2D eigenvalue weighted by atomic mass is 9.79. The van der Waals surface area contributed by atoms with E-state index in [1.807, 2.05) is 48.5 Å². The van der Waals surface area contributed by atoms with Crippen molar-refractivity contribution in [3.05, 3.63) is 99.6 Å².